The SMILES string of the molecule is CCC[C@H]1CC[C@H](c2ccccc2C2(O)C=CC(C(=O)O)C=C2)CC1. The molecule has 3 heteroatoms. The third-order valence-corrected chi connectivity index (χ3v) is 5.78. The molecule has 0 unspecified atom stereocenters. The summed E-state index contributed by atoms with van der Waals surface area (Å²) < 4.78 is 0. The van der Waals surface area contributed by atoms with Crippen molar-refractivity contribution in [3.8, 4) is 0 Å². The Bertz CT molecular complexity index is 652. The summed E-state index contributed by atoms with van der Waals surface area (Å²) in [5, 5.41) is 20.2. The summed E-state index contributed by atoms with van der Waals surface area (Å²) in [6.07, 6.45) is 13.9. The van der Waals surface area contributed by atoms with E-state index in [0.29, 0.717) is 5.92 Å². The lowest BCUT2D eigenvalue weighted by Crippen LogP contribution is -2.27. The van der Waals surface area contributed by atoms with Gasteiger partial charge in [0.05, 0.1) is 5.92 Å². The van der Waals surface area contributed by atoms with Crippen LogP contribution in [0.2, 0.25) is 0 Å². The van der Waals surface area contributed by atoms with E-state index in [2.05, 4.69) is 13.0 Å². The molecule has 0 heterocycles. The normalized spacial score (nSPS) is 31.8. The van der Waals surface area contributed by atoms with E-state index in [-0.39, 0.29) is 0 Å². The lowest BCUT2D eigenvalue weighted by molar-refractivity contribution is -0.138. The smallest absolute Gasteiger partial charge is 0.314 e. The standard InChI is InChI=1S/C22H28O3/c1-2-5-16-8-10-17(11-9-16)19-6-3-4-7-20(19)22(25)14-12-18(13-15-22)21(23)24/h3-4,6-7,12-18,25H,2,5,8-11H2,1H3,(H,23,24)/t16-,17-,18?,22?. The van der Waals surface area contributed by atoms with Gasteiger partial charge in [-0.3, -0.25) is 4.79 Å². The van der Waals surface area contributed by atoms with Crippen molar-refractivity contribution >= 4 is 5.97 Å². The van der Waals surface area contributed by atoms with Gasteiger partial charge in [0.2, 0.25) is 0 Å². The monoisotopic (exact) mass is 340 g/mol. The summed E-state index contributed by atoms with van der Waals surface area (Å²) in [4.78, 5) is 11.1. The van der Waals surface area contributed by atoms with Gasteiger partial charge in [0.25, 0.3) is 0 Å². The summed E-state index contributed by atoms with van der Waals surface area (Å²) in [7, 11) is 0. The molecule has 0 spiro atoms. The first-order chi connectivity index (χ1) is 12.0. The molecule has 0 amide bonds. The van der Waals surface area contributed by atoms with Crippen molar-refractivity contribution < 1.29 is 15.0 Å². The van der Waals surface area contributed by atoms with Crippen LogP contribution in [0.3, 0.4) is 0 Å². The van der Waals surface area contributed by atoms with E-state index in [1.807, 2.05) is 18.2 Å². The number of carboxylic acids is 1. The van der Waals surface area contributed by atoms with Gasteiger partial charge >= 0.3 is 5.97 Å². The van der Waals surface area contributed by atoms with Crippen LogP contribution in [-0.2, 0) is 10.4 Å². The Kier molecular flexibility index (Phi) is 5.43. The Labute approximate surface area is 150 Å². The predicted octanol–water partition coefficient (Wildman–Crippen LogP) is 4.77. The summed E-state index contributed by atoms with van der Waals surface area (Å²) in [6.45, 7) is 2.25. The number of aliphatic hydroxyl groups is 1. The molecule has 2 aliphatic rings. The maximum atomic E-state index is 11.1. The molecule has 0 bridgehead atoms. The average molecular weight is 340 g/mol. The van der Waals surface area contributed by atoms with E-state index in [0.717, 1.165) is 11.5 Å². The fraction of sp³-hybridized carbons (Fsp3) is 0.500. The molecule has 0 radical (unpaired) electrons. The Morgan fingerprint density at radius 2 is 1.76 bits per heavy atom. The predicted molar refractivity (Wildman–Crippen MR) is 99.4 cm³/mol. The van der Waals surface area contributed by atoms with E-state index < -0.39 is 17.5 Å². The molecular weight excluding hydrogens is 312 g/mol. The Morgan fingerprint density at radius 3 is 2.36 bits per heavy atom. The molecule has 3 rings (SSSR count). The van der Waals surface area contributed by atoms with Gasteiger partial charge in [0.15, 0.2) is 0 Å². The molecule has 134 valence electrons. The third-order valence-electron chi connectivity index (χ3n) is 5.78. The highest BCUT2D eigenvalue weighted by Crippen LogP contribution is 2.42. The lowest BCUT2D eigenvalue weighted by Gasteiger charge is -2.33. The Morgan fingerprint density at radius 1 is 1.12 bits per heavy atom. The average Bonchev–Trinajstić information content (AvgIpc) is 2.63. The van der Waals surface area contributed by atoms with E-state index in [4.69, 9.17) is 5.11 Å². The van der Waals surface area contributed by atoms with E-state index in [1.165, 1.54) is 44.1 Å². The Balaban J connectivity index is 1.82. The first-order valence-corrected chi connectivity index (χ1v) is 9.47. The van der Waals surface area contributed by atoms with Crippen LogP contribution in [0.25, 0.3) is 0 Å². The highest BCUT2D eigenvalue weighted by Gasteiger charge is 2.32. The number of benzene rings is 1. The minimum atomic E-state index is -1.21. The third kappa shape index (κ3) is 3.87. The highest BCUT2D eigenvalue weighted by atomic mass is 16.4. The fourth-order valence-corrected chi connectivity index (χ4v) is 4.35. The molecule has 2 N–H and O–H groups in total. The number of hydrogen-bond donors (Lipinski definition) is 2. The van der Waals surface area contributed by atoms with Gasteiger partial charge in [-0.05, 0) is 60.8 Å². The second-order valence-corrected chi connectivity index (χ2v) is 7.50. The summed E-state index contributed by atoms with van der Waals surface area (Å²) in [5.41, 5.74) is 0.899. The zero-order valence-electron chi connectivity index (χ0n) is 14.9. The van der Waals surface area contributed by atoms with E-state index in [9.17, 15) is 9.90 Å². The second kappa shape index (κ2) is 7.57. The minimum Gasteiger partial charge on any atom is -0.481 e. The van der Waals surface area contributed by atoms with Gasteiger partial charge in [-0.25, -0.2) is 0 Å². The van der Waals surface area contributed by atoms with Crippen LogP contribution in [0.5, 0.6) is 0 Å². The number of carboxylic acid groups (broad SMARTS) is 1. The van der Waals surface area contributed by atoms with Crippen LogP contribution in [0.4, 0.5) is 0 Å². The van der Waals surface area contributed by atoms with Gasteiger partial charge in [0, 0.05) is 0 Å². The van der Waals surface area contributed by atoms with Gasteiger partial charge in [-0.15, -0.1) is 0 Å². The first-order valence-electron chi connectivity index (χ1n) is 9.47. The maximum absolute atomic E-state index is 11.1. The van der Waals surface area contributed by atoms with Crippen LogP contribution in [0.1, 0.15) is 62.5 Å². The Hall–Kier alpha value is -1.87. The molecule has 25 heavy (non-hydrogen) atoms. The zero-order chi connectivity index (χ0) is 17.9. The van der Waals surface area contributed by atoms with Crippen LogP contribution in [-0.4, -0.2) is 16.2 Å². The number of aliphatic carboxylic acids is 1. The van der Waals surface area contributed by atoms with Crippen molar-refractivity contribution in [2.24, 2.45) is 11.8 Å². The maximum Gasteiger partial charge on any atom is 0.314 e. The molecule has 0 saturated heterocycles. The molecule has 0 aliphatic heterocycles. The van der Waals surface area contributed by atoms with Crippen LogP contribution in [0.15, 0.2) is 48.6 Å². The molecule has 0 atom stereocenters. The lowest BCUT2D eigenvalue weighted by atomic mass is 9.73. The van der Waals surface area contributed by atoms with Gasteiger partial charge in [-0.2, -0.15) is 0 Å². The van der Waals surface area contributed by atoms with Crippen molar-refractivity contribution in [1.29, 1.82) is 0 Å². The highest BCUT2D eigenvalue weighted by molar-refractivity contribution is 5.75. The minimum absolute atomic E-state index is 0.479. The van der Waals surface area contributed by atoms with Gasteiger partial charge < -0.3 is 10.2 Å². The molecule has 1 aromatic carbocycles. The summed E-state index contributed by atoms with van der Waals surface area (Å²) in [5.74, 6) is -0.219. The molecule has 0 aromatic heterocycles. The molecule has 1 fully saturated rings. The number of carbonyl (C=O) groups is 1. The zero-order valence-corrected chi connectivity index (χ0v) is 14.9. The number of hydrogen-bond acceptors (Lipinski definition) is 2. The topological polar surface area (TPSA) is 57.5 Å². The molecule has 1 aromatic rings. The molecule has 2 aliphatic carbocycles. The van der Waals surface area contributed by atoms with Gasteiger partial charge in [0.1, 0.15) is 5.60 Å². The quantitative estimate of drug-likeness (QED) is 0.759. The second-order valence-electron chi connectivity index (χ2n) is 7.50. The fourth-order valence-electron chi connectivity index (χ4n) is 4.35. The number of rotatable bonds is 5. The first kappa shape index (κ1) is 17.9. The van der Waals surface area contributed by atoms with Crippen molar-refractivity contribution in [3.63, 3.8) is 0 Å². The van der Waals surface area contributed by atoms with Gasteiger partial charge in [-0.1, -0.05) is 56.2 Å². The largest absolute Gasteiger partial charge is 0.481 e. The van der Waals surface area contributed by atoms with Crippen molar-refractivity contribution in [2.75, 3.05) is 0 Å². The van der Waals surface area contributed by atoms with Crippen LogP contribution in [0, 0.1) is 11.8 Å². The summed E-state index contributed by atoms with van der Waals surface area (Å²) >= 11 is 0. The van der Waals surface area contributed by atoms with Crippen molar-refractivity contribution in [3.05, 3.63) is 59.7 Å². The molecule has 1 saturated carbocycles. The molecular formula is C22H28O3. The van der Waals surface area contributed by atoms with Crippen LogP contribution >= 0.6 is 0 Å². The van der Waals surface area contributed by atoms with Crippen molar-refractivity contribution in [2.45, 2.75) is 57.0 Å². The van der Waals surface area contributed by atoms with E-state index >= 15 is 0 Å². The van der Waals surface area contributed by atoms with Crippen molar-refractivity contribution in [1.82, 2.24) is 0 Å². The van der Waals surface area contributed by atoms with E-state index in [1.54, 1.807) is 24.3 Å². The summed E-state index contributed by atoms with van der Waals surface area (Å²) in [6, 6.07) is 8.09. The molecule has 3 nitrogen and oxygen atoms in total. The van der Waals surface area contributed by atoms with Crippen LogP contribution < -0.4 is 0 Å².